The molecule has 1 aliphatic heterocycles. The van der Waals surface area contributed by atoms with Crippen molar-refractivity contribution in [1.29, 1.82) is 0 Å². The lowest BCUT2D eigenvalue weighted by molar-refractivity contribution is -0.130. The van der Waals surface area contributed by atoms with Crippen molar-refractivity contribution in [3.05, 3.63) is 70.8 Å². The monoisotopic (exact) mass is 400 g/mol. The fourth-order valence-electron chi connectivity index (χ4n) is 3.37. The Labute approximate surface area is 167 Å². The van der Waals surface area contributed by atoms with Crippen LogP contribution in [0.15, 0.2) is 42.5 Å². The maximum Gasteiger partial charge on any atom is 0.325 e. The number of carbonyl (C=O) groups is 3. The van der Waals surface area contributed by atoms with E-state index in [1.54, 1.807) is 12.1 Å². The highest BCUT2D eigenvalue weighted by molar-refractivity contribution is 6.11. The van der Waals surface area contributed by atoms with Crippen LogP contribution in [0.1, 0.15) is 54.6 Å². The molecule has 0 radical (unpaired) electrons. The Hall–Kier alpha value is -3.09. The summed E-state index contributed by atoms with van der Waals surface area (Å²) >= 11 is 0. The number of imide groups is 1. The number of nitrogens with one attached hydrogen (secondary N) is 1. The minimum atomic E-state index is -1.79. The Kier molecular flexibility index (Phi) is 5.50. The first-order valence-corrected chi connectivity index (χ1v) is 9.40. The fraction of sp³-hybridized carbons (Fsp3) is 0.318. The van der Waals surface area contributed by atoms with Gasteiger partial charge in [-0.25, -0.2) is 13.6 Å². The third-order valence-electron chi connectivity index (χ3n) is 5.46. The van der Waals surface area contributed by atoms with Gasteiger partial charge in [-0.05, 0) is 43.0 Å². The molecule has 1 N–H and O–H groups in total. The summed E-state index contributed by atoms with van der Waals surface area (Å²) in [6, 6.07) is 8.87. The SMILES string of the molecule is CC[C@@H](C)c1ccc(C(=O)CN2C(=O)N[C@](C)(c3cc(F)ccc3F)C2=O)cc1. The van der Waals surface area contributed by atoms with Gasteiger partial charge in [0.2, 0.25) is 0 Å². The number of urea groups is 1. The number of ketones is 1. The quantitative estimate of drug-likeness (QED) is 0.586. The number of nitrogens with zero attached hydrogens (tertiary/aromatic N) is 1. The highest BCUT2D eigenvalue weighted by Crippen LogP contribution is 2.31. The molecular weight excluding hydrogens is 378 g/mol. The molecule has 7 heteroatoms. The predicted molar refractivity (Wildman–Crippen MR) is 103 cm³/mol. The summed E-state index contributed by atoms with van der Waals surface area (Å²) in [5.41, 5.74) is -0.621. The van der Waals surface area contributed by atoms with E-state index < -0.39 is 41.4 Å². The standard InChI is InChI=1S/C22H22F2N2O3/c1-4-13(2)14-5-7-15(8-6-14)19(27)12-26-20(28)22(3,25-21(26)29)17-11-16(23)9-10-18(17)24/h5-11,13H,4,12H2,1-3H3,(H,25,29)/t13-,22-/m1/s1. The molecule has 29 heavy (non-hydrogen) atoms. The third-order valence-corrected chi connectivity index (χ3v) is 5.46. The van der Waals surface area contributed by atoms with Crippen LogP contribution in [0.2, 0.25) is 0 Å². The van der Waals surface area contributed by atoms with Crippen molar-refractivity contribution in [2.24, 2.45) is 0 Å². The summed E-state index contributed by atoms with van der Waals surface area (Å²) in [5, 5.41) is 2.38. The zero-order valence-electron chi connectivity index (χ0n) is 16.5. The van der Waals surface area contributed by atoms with Gasteiger partial charge in [-0.15, -0.1) is 0 Å². The topological polar surface area (TPSA) is 66.5 Å². The molecule has 2 aromatic carbocycles. The first kappa shape index (κ1) is 20.6. The summed E-state index contributed by atoms with van der Waals surface area (Å²) in [6.45, 7) is 4.95. The molecule has 0 spiro atoms. The van der Waals surface area contributed by atoms with Crippen molar-refractivity contribution in [2.45, 2.75) is 38.6 Å². The predicted octanol–water partition coefficient (Wildman–Crippen LogP) is 4.13. The molecule has 1 saturated heterocycles. The van der Waals surface area contributed by atoms with E-state index in [1.807, 2.05) is 12.1 Å². The second-order valence-electron chi connectivity index (χ2n) is 7.43. The average Bonchev–Trinajstić information content (AvgIpc) is 2.93. The Morgan fingerprint density at radius 3 is 2.41 bits per heavy atom. The molecule has 1 heterocycles. The smallest absolute Gasteiger partial charge is 0.319 e. The first-order valence-electron chi connectivity index (χ1n) is 9.40. The van der Waals surface area contributed by atoms with Gasteiger partial charge in [0.15, 0.2) is 5.78 Å². The highest BCUT2D eigenvalue weighted by atomic mass is 19.1. The number of hydrogen-bond acceptors (Lipinski definition) is 3. The van der Waals surface area contributed by atoms with E-state index in [-0.39, 0.29) is 5.56 Å². The maximum absolute atomic E-state index is 14.2. The Balaban J connectivity index is 1.81. The Morgan fingerprint density at radius 1 is 1.14 bits per heavy atom. The number of carbonyl (C=O) groups excluding carboxylic acids is 3. The van der Waals surface area contributed by atoms with Crippen molar-refractivity contribution in [3.8, 4) is 0 Å². The van der Waals surface area contributed by atoms with E-state index in [1.165, 1.54) is 6.92 Å². The largest absolute Gasteiger partial charge is 0.325 e. The normalized spacial score (nSPS) is 20.0. The molecule has 3 rings (SSSR count). The van der Waals surface area contributed by atoms with Crippen LogP contribution in [-0.4, -0.2) is 29.2 Å². The molecule has 2 atom stereocenters. The van der Waals surface area contributed by atoms with Crippen LogP contribution in [0.3, 0.4) is 0 Å². The van der Waals surface area contributed by atoms with E-state index >= 15 is 0 Å². The van der Waals surface area contributed by atoms with E-state index in [0.717, 1.165) is 35.1 Å². The van der Waals surface area contributed by atoms with Crippen molar-refractivity contribution in [3.63, 3.8) is 0 Å². The first-order chi connectivity index (χ1) is 13.7. The lowest BCUT2D eigenvalue weighted by Crippen LogP contribution is -2.42. The number of benzene rings is 2. The number of amides is 3. The minimum absolute atomic E-state index is 0.288. The van der Waals surface area contributed by atoms with E-state index in [2.05, 4.69) is 19.2 Å². The molecule has 152 valence electrons. The summed E-state index contributed by atoms with van der Waals surface area (Å²) in [6.07, 6.45) is 0.963. The second kappa shape index (κ2) is 7.73. The molecule has 0 unspecified atom stereocenters. The third kappa shape index (κ3) is 3.77. The molecule has 2 aromatic rings. The highest BCUT2D eigenvalue weighted by Gasteiger charge is 2.50. The van der Waals surface area contributed by atoms with Crippen LogP contribution in [0.5, 0.6) is 0 Å². The van der Waals surface area contributed by atoms with Crippen molar-refractivity contribution in [2.75, 3.05) is 6.54 Å². The maximum atomic E-state index is 14.2. The zero-order valence-corrected chi connectivity index (χ0v) is 16.5. The van der Waals surface area contributed by atoms with E-state index in [9.17, 15) is 23.2 Å². The van der Waals surface area contributed by atoms with Crippen molar-refractivity contribution < 1.29 is 23.2 Å². The van der Waals surface area contributed by atoms with Gasteiger partial charge >= 0.3 is 6.03 Å². The van der Waals surface area contributed by atoms with E-state index in [0.29, 0.717) is 11.5 Å². The molecule has 0 bridgehead atoms. The summed E-state index contributed by atoms with van der Waals surface area (Å²) in [7, 11) is 0. The molecule has 0 saturated carbocycles. The van der Waals surface area contributed by atoms with Crippen LogP contribution in [0.25, 0.3) is 0 Å². The zero-order chi connectivity index (χ0) is 21.3. The summed E-state index contributed by atoms with van der Waals surface area (Å²) in [5.74, 6) is -2.44. The summed E-state index contributed by atoms with van der Waals surface area (Å²) in [4.78, 5) is 38.5. The number of halogens is 2. The van der Waals surface area contributed by atoms with Gasteiger partial charge < -0.3 is 5.32 Å². The van der Waals surface area contributed by atoms with Gasteiger partial charge in [-0.2, -0.15) is 0 Å². The van der Waals surface area contributed by atoms with Crippen LogP contribution < -0.4 is 5.32 Å². The van der Waals surface area contributed by atoms with Gasteiger partial charge in [0.05, 0.1) is 6.54 Å². The van der Waals surface area contributed by atoms with Gasteiger partial charge in [0, 0.05) is 11.1 Å². The van der Waals surface area contributed by atoms with Crippen LogP contribution in [0.4, 0.5) is 13.6 Å². The fourth-order valence-corrected chi connectivity index (χ4v) is 3.37. The molecule has 1 fully saturated rings. The Morgan fingerprint density at radius 2 is 1.79 bits per heavy atom. The van der Waals surface area contributed by atoms with Crippen LogP contribution in [-0.2, 0) is 10.3 Å². The molecule has 5 nitrogen and oxygen atoms in total. The number of hydrogen-bond donors (Lipinski definition) is 1. The summed E-state index contributed by atoms with van der Waals surface area (Å²) < 4.78 is 27.8. The molecule has 0 aliphatic carbocycles. The Bertz CT molecular complexity index is 975. The molecule has 1 aliphatic rings. The van der Waals surface area contributed by atoms with Gasteiger partial charge in [-0.1, -0.05) is 38.1 Å². The molecular formula is C22H22F2N2O3. The number of rotatable bonds is 6. The number of Topliss-reactive ketones (excluding diaryl/α,β-unsaturated/α-hetero) is 1. The van der Waals surface area contributed by atoms with Gasteiger partial charge in [-0.3, -0.25) is 14.5 Å². The van der Waals surface area contributed by atoms with E-state index in [4.69, 9.17) is 0 Å². The van der Waals surface area contributed by atoms with Gasteiger partial charge in [0.1, 0.15) is 17.2 Å². The van der Waals surface area contributed by atoms with Crippen LogP contribution >= 0.6 is 0 Å². The van der Waals surface area contributed by atoms with Crippen molar-refractivity contribution in [1.82, 2.24) is 10.2 Å². The minimum Gasteiger partial charge on any atom is -0.319 e. The van der Waals surface area contributed by atoms with Crippen molar-refractivity contribution >= 4 is 17.7 Å². The lowest BCUT2D eigenvalue weighted by Gasteiger charge is -2.22. The lowest BCUT2D eigenvalue weighted by atomic mass is 9.91. The van der Waals surface area contributed by atoms with Gasteiger partial charge in [0.25, 0.3) is 5.91 Å². The molecule has 0 aromatic heterocycles. The second-order valence-corrected chi connectivity index (χ2v) is 7.43. The average molecular weight is 400 g/mol. The van der Waals surface area contributed by atoms with Crippen LogP contribution in [0, 0.1) is 11.6 Å². The molecule has 3 amide bonds.